The van der Waals surface area contributed by atoms with Crippen LogP contribution in [-0.4, -0.2) is 28.7 Å². The highest BCUT2D eigenvalue weighted by atomic mass is 35.5. The minimum absolute atomic E-state index is 0.00425. The van der Waals surface area contributed by atoms with Gasteiger partial charge >= 0.3 is 0 Å². The predicted molar refractivity (Wildman–Crippen MR) is 107 cm³/mol. The van der Waals surface area contributed by atoms with E-state index >= 15 is 0 Å². The number of para-hydroxylation sites is 2. The van der Waals surface area contributed by atoms with Gasteiger partial charge in [-0.3, -0.25) is 9.59 Å². The number of hydrogen-bond donors (Lipinski definition) is 2. The van der Waals surface area contributed by atoms with Gasteiger partial charge in [-0.2, -0.15) is 5.10 Å². The van der Waals surface area contributed by atoms with Crippen molar-refractivity contribution in [1.29, 1.82) is 0 Å². The summed E-state index contributed by atoms with van der Waals surface area (Å²) in [6, 6.07) is 13.5. The van der Waals surface area contributed by atoms with Crippen LogP contribution in [0, 0.1) is 0 Å². The van der Waals surface area contributed by atoms with Crippen molar-refractivity contribution < 1.29 is 14.3 Å². The number of carbonyl (C=O) groups is 2. The first-order chi connectivity index (χ1) is 13.6. The van der Waals surface area contributed by atoms with E-state index in [-0.39, 0.29) is 18.2 Å². The smallest absolute Gasteiger partial charge is 0.249 e. The van der Waals surface area contributed by atoms with Crippen LogP contribution in [0.15, 0.2) is 54.7 Å². The Morgan fingerprint density at radius 1 is 1.25 bits per heavy atom. The maximum absolute atomic E-state index is 12.9. The van der Waals surface area contributed by atoms with Gasteiger partial charge < -0.3 is 15.4 Å². The Kier molecular flexibility index (Phi) is 4.75. The van der Waals surface area contributed by atoms with Gasteiger partial charge in [-0.25, -0.2) is 4.68 Å². The first-order valence-electron chi connectivity index (χ1n) is 8.64. The van der Waals surface area contributed by atoms with Crippen molar-refractivity contribution in [1.82, 2.24) is 9.78 Å². The Labute approximate surface area is 166 Å². The number of benzene rings is 2. The number of methoxy groups -OCH3 is 1. The summed E-state index contributed by atoms with van der Waals surface area (Å²) in [4.78, 5) is 25.2. The molecule has 142 valence electrons. The zero-order valence-electron chi connectivity index (χ0n) is 15.0. The summed E-state index contributed by atoms with van der Waals surface area (Å²) in [6.45, 7) is 0. The molecule has 1 aliphatic heterocycles. The summed E-state index contributed by atoms with van der Waals surface area (Å²) < 4.78 is 6.81. The summed E-state index contributed by atoms with van der Waals surface area (Å²) >= 11 is 5.95. The van der Waals surface area contributed by atoms with Crippen molar-refractivity contribution >= 4 is 34.9 Å². The minimum atomic E-state index is -0.769. The fourth-order valence-corrected chi connectivity index (χ4v) is 3.30. The number of nitrogens with zero attached hydrogens (tertiary/aromatic N) is 2. The second-order valence-electron chi connectivity index (χ2n) is 6.32. The van der Waals surface area contributed by atoms with E-state index in [9.17, 15) is 9.59 Å². The molecule has 0 bridgehead atoms. The van der Waals surface area contributed by atoms with Crippen LogP contribution in [0.5, 0.6) is 5.75 Å². The van der Waals surface area contributed by atoms with Gasteiger partial charge in [0, 0.05) is 10.6 Å². The molecule has 7 nitrogen and oxygen atoms in total. The molecule has 0 saturated carbocycles. The second kappa shape index (κ2) is 7.36. The Morgan fingerprint density at radius 2 is 2.00 bits per heavy atom. The largest absolute Gasteiger partial charge is 0.495 e. The van der Waals surface area contributed by atoms with Crippen molar-refractivity contribution in [2.45, 2.75) is 12.5 Å². The summed E-state index contributed by atoms with van der Waals surface area (Å²) in [5, 5.41) is 10.6. The monoisotopic (exact) mass is 396 g/mol. The molecule has 0 spiro atoms. The van der Waals surface area contributed by atoms with E-state index in [0.717, 1.165) is 11.1 Å². The lowest BCUT2D eigenvalue weighted by atomic mass is 10.1. The fraction of sp³-hybridized carbons (Fsp3) is 0.150. The SMILES string of the molecule is COc1ccccc1NC(=O)C1CC(=O)Nc2c(-c3ccc(Cl)cc3)cnn21. The molecule has 2 N–H and O–H groups in total. The highest BCUT2D eigenvalue weighted by molar-refractivity contribution is 6.30. The molecule has 3 aromatic rings. The summed E-state index contributed by atoms with van der Waals surface area (Å²) in [5.41, 5.74) is 2.10. The normalized spacial score (nSPS) is 15.5. The lowest BCUT2D eigenvalue weighted by Gasteiger charge is -2.25. The molecule has 2 heterocycles. The molecule has 1 atom stereocenters. The second-order valence-corrected chi connectivity index (χ2v) is 6.75. The zero-order valence-corrected chi connectivity index (χ0v) is 15.7. The number of hydrogen-bond acceptors (Lipinski definition) is 4. The lowest BCUT2D eigenvalue weighted by molar-refractivity contribution is -0.125. The number of anilines is 2. The number of ether oxygens (including phenoxy) is 1. The van der Waals surface area contributed by atoms with Crippen molar-refractivity contribution in [3.05, 3.63) is 59.8 Å². The van der Waals surface area contributed by atoms with Crippen molar-refractivity contribution in [3.8, 4) is 16.9 Å². The van der Waals surface area contributed by atoms with Crippen LogP contribution in [0.4, 0.5) is 11.5 Å². The molecule has 0 saturated heterocycles. The number of carbonyl (C=O) groups excluding carboxylic acids is 2. The van der Waals surface area contributed by atoms with Gasteiger partial charge in [-0.15, -0.1) is 0 Å². The van der Waals surface area contributed by atoms with E-state index in [4.69, 9.17) is 16.3 Å². The molecule has 8 heteroatoms. The topological polar surface area (TPSA) is 85.2 Å². The molecule has 1 unspecified atom stereocenters. The molecule has 2 aromatic carbocycles. The van der Waals surface area contributed by atoms with Crippen molar-refractivity contribution in [2.75, 3.05) is 17.7 Å². The third-order valence-electron chi connectivity index (χ3n) is 4.55. The highest BCUT2D eigenvalue weighted by Gasteiger charge is 2.33. The van der Waals surface area contributed by atoms with Gasteiger partial charge in [0.05, 0.1) is 25.4 Å². The maximum Gasteiger partial charge on any atom is 0.249 e. The van der Waals surface area contributed by atoms with Crippen LogP contribution in [-0.2, 0) is 9.59 Å². The van der Waals surface area contributed by atoms with Gasteiger partial charge in [0.25, 0.3) is 0 Å². The van der Waals surface area contributed by atoms with Crippen LogP contribution in [0.3, 0.4) is 0 Å². The average molecular weight is 397 g/mol. The Balaban J connectivity index is 1.66. The molecule has 28 heavy (non-hydrogen) atoms. The fourth-order valence-electron chi connectivity index (χ4n) is 3.18. The highest BCUT2D eigenvalue weighted by Crippen LogP contribution is 2.35. The standard InChI is InChI=1S/C20H17ClN4O3/c1-28-17-5-3-2-4-15(17)23-20(27)16-10-18(26)24-19-14(11-22-25(16)19)12-6-8-13(21)9-7-12/h2-9,11,16H,10H2,1H3,(H,23,27)(H,24,26). The average Bonchev–Trinajstić information content (AvgIpc) is 3.12. The molecule has 2 amide bonds. The number of fused-ring (bicyclic) bond motifs is 1. The van der Waals surface area contributed by atoms with E-state index in [1.165, 1.54) is 11.8 Å². The van der Waals surface area contributed by atoms with Gasteiger partial charge in [-0.1, -0.05) is 35.9 Å². The lowest BCUT2D eigenvalue weighted by Crippen LogP contribution is -2.35. The van der Waals surface area contributed by atoms with Gasteiger partial charge in [0.1, 0.15) is 17.6 Å². The predicted octanol–water partition coefficient (Wildman–Crippen LogP) is 3.73. The van der Waals surface area contributed by atoms with E-state index < -0.39 is 6.04 Å². The molecule has 1 aromatic heterocycles. The van der Waals surface area contributed by atoms with E-state index in [1.54, 1.807) is 36.5 Å². The third kappa shape index (κ3) is 3.32. The molecule has 0 radical (unpaired) electrons. The molecule has 1 aliphatic rings. The summed E-state index contributed by atoms with van der Waals surface area (Å²) in [7, 11) is 1.53. The van der Waals surface area contributed by atoms with E-state index in [0.29, 0.717) is 22.3 Å². The van der Waals surface area contributed by atoms with Crippen molar-refractivity contribution in [2.24, 2.45) is 0 Å². The molecule has 0 fully saturated rings. The van der Waals surface area contributed by atoms with E-state index in [2.05, 4.69) is 15.7 Å². The number of aromatic nitrogens is 2. The maximum atomic E-state index is 12.9. The molecular weight excluding hydrogens is 380 g/mol. The summed E-state index contributed by atoms with van der Waals surface area (Å²) in [5.74, 6) is 0.437. The Hall–Kier alpha value is -3.32. The summed E-state index contributed by atoms with van der Waals surface area (Å²) in [6.07, 6.45) is 1.63. The number of nitrogens with one attached hydrogen (secondary N) is 2. The number of rotatable bonds is 4. The molecular formula is C20H17ClN4O3. The quantitative estimate of drug-likeness (QED) is 0.703. The van der Waals surface area contributed by atoms with Crippen LogP contribution >= 0.6 is 11.6 Å². The van der Waals surface area contributed by atoms with Crippen LogP contribution in [0.2, 0.25) is 5.02 Å². The first-order valence-corrected chi connectivity index (χ1v) is 9.02. The number of amides is 2. The van der Waals surface area contributed by atoms with Crippen LogP contribution in [0.25, 0.3) is 11.1 Å². The Morgan fingerprint density at radius 3 is 2.75 bits per heavy atom. The van der Waals surface area contributed by atoms with E-state index in [1.807, 2.05) is 18.2 Å². The van der Waals surface area contributed by atoms with Crippen LogP contribution in [0.1, 0.15) is 12.5 Å². The number of halogens is 1. The van der Waals surface area contributed by atoms with Gasteiger partial charge in [0.15, 0.2) is 0 Å². The molecule has 4 rings (SSSR count). The van der Waals surface area contributed by atoms with Crippen LogP contribution < -0.4 is 15.4 Å². The first kappa shape index (κ1) is 18.1. The van der Waals surface area contributed by atoms with Gasteiger partial charge in [-0.05, 0) is 29.8 Å². The van der Waals surface area contributed by atoms with Crippen molar-refractivity contribution in [3.63, 3.8) is 0 Å². The molecule has 0 aliphatic carbocycles. The zero-order chi connectivity index (χ0) is 19.7. The third-order valence-corrected chi connectivity index (χ3v) is 4.80. The van der Waals surface area contributed by atoms with Gasteiger partial charge in [0.2, 0.25) is 11.8 Å². The Bertz CT molecular complexity index is 1050. The minimum Gasteiger partial charge on any atom is -0.495 e.